The molecule has 0 bridgehead atoms. The van der Waals surface area contributed by atoms with Gasteiger partial charge >= 0.3 is 0 Å². The maximum Gasteiger partial charge on any atom is 0.254 e. The van der Waals surface area contributed by atoms with E-state index in [2.05, 4.69) is 33.6 Å². The third-order valence-electron chi connectivity index (χ3n) is 6.93. The molecule has 0 aromatic carbocycles. The SMILES string of the molecule is CN1CCCC(c2cccc(Nc3cnc(-c4ccnc5c4ccn5C)c4c3C(=O)NC4)n2)C1. The van der Waals surface area contributed by atoms with Crippen LogP contribution in [0.5, 0.6) is 0 Å². The van der Waals surface area contributed by atoms with Crippen LogP contribution in [-0.4, -0.2) is 50.5 Å². The molecule has 8 heteroatoms. The molecule has 0 radical (unpaired) electrons. The first-order valence-corrected chi connectivity index (χ1v) is 11.7. The van der Waals surface area contributed by atoms with Crippen molar-refractivity contribution in [1.82, 2.24) is 29.7 Å². The monoisotopic (exact) mass is 453 g/mol. The number of amides is 1. The summed E-state index contributed by atoms with van der Waals surface area (Å²) in [5.74, 6) is 1.07. The molecule has 1 atom stereocenters. The van der Waals surface area contributed by atoms with Gasteiger partial charge in [0.2, 0.25) is 0 Å². The Morgan fingerprint density at radius 3 is 2.94 bits per heavy atom. The van der Waals surface area contributed by atoms with Gasteiger partial charge in [0.25, 0.3) is 5.91 Å². The average molecular weight is 454 g/mol. The molecule has 8 nitrogen and oxygen atoms in total. The lowest BCUT2D eigenvalue weighted by Gasteiger charge is -2.29. The summed E-state index contributed by atoms with van der Waals surface area (Å²) < 4.78 is 1.99. The molecule has 2 aliphatic rings. The molecule has 0 aliphatic carbocycles. The number of nitrogens with zero attached hydrogens (tertiary/aromatic N) is 5. The Kier molecular flexibility index (Phi) is 5.03. The number of carbonyl (C=O) groups excluding carboxylic acids is 1. The van der Waals surface area contributed by atoms with E-state index in [-0.39, 0.29) is 5.91 Å². The van der Waals surface area contributed by atoms with Crippen LogP contribution in [-0.2, 0) is 13.6 Å². The quantitative estimate of drug-likeness (QED) is 0.488. The minimum atomic E-state index is -0.0930. The van der Waals surface area contributed by atoms with Gasteiger partial charge in [0.15, 0.2) is 0 Å². The van der Waals surface area contributed by atoms with Crippen molar-refractivity contribution in [2.75, 3.05) is 25.5 Å². The van der Waals surface area contributed by atoms with Crippen molar-refractivity contribution in [3.63, 3.8) is 0 Å². The minimum absolute atomic E-state index is 0.0930. The van der Waals surface area contributed by atoms with Crippen LogP contribution in [0.15, 0.2) is 48.9 Å². The number of aryl methyl sites for hydroxylation is 1. The average Bonchev–Trinajstić information content (AvgIpc) is 3.43. The van der Waals surface area contributed by atoms with Crippen LogP contribution in [0.2, 0.25) is 0 Å². The molecular weight excluding hydrogens is 426 g/mol. The summed E-state index contributed by atoms with van der Waals surface area (Å²) in [6.07, 6.45) is 7.86. The summed E-state index contributed by atoms with van der Waals surface area (Å²) in [4.78, 5) is 29.4. The number of anilines is 2. The van der Waals surface area contributed by atoms with E-state index in [4.69, 9.17) is 9.97 Å². The Morgan fingerprint density at radius 1 is 1.15 bits per heavy atom. The molecule has 6 heterocycles. The molecular formula is C26H27N7O. The molecule has 1 amide bonds. The number of nitrogens with one attached hydrogen (secondary N) is 2. The molecule has 6 rings (SSSR count). The molecule has 1 fully saturated rings. The molecule has 2 aliphatic heterocycles. The van der Waals surface area contributed by atoms with E-state index in [0.29, 0.717) is 23.7 Å². The van der Waals surface area contributed by atoms with E-state index in [0.717, 1.165) is 58.9 Å². The summed E-state index contributed by atoms with van der Waals surface area (Å²) in [5.41, 5.74) is 5.98. The summed E-state index contributed by atoms with van der Waals surface area (Å²) >= 11 is 0. The lowest BCUT2D eigenvalue weighted by Crippen LogP contribution is -2.31. The Labute approximate surface area is 198 Å². The maximum atomic E-state index is 12.9. The third-order valence-corrected chi connectivity index (χ3v) is 6.93. The lowest BCUT2D eigenvalue weighted by molar-refractivity contribution is 0.0966. The second kappa shape index (κ2) is 8.22. The van der Waals surface area contributed by atoms with Crippen molar-refractivity contribution in [3.8, 4) is 11.3 Å². The normalized spacial score (nSPS) is 18.2. The number of aromatic nitrogens is 4. The van der Waals surface area contributed by atoms with Gasteiger partial charge in [0.05, 0.1) is 23.1 Å². The molecule has 0 spiro atoms. The highest BCUT2D eigenvalue weighted by atomic mass is 16.1. The van der Waals surface area contributed by atoms with Crippen LogP contribution in [0.1, 0.15) is 40.4 Å². The zero-order valence-electron chi connectivity index (χ0n) is 19.4. The van der Waals surface area contributed by atoms with Gasteiger partial charge in [-0.3, -0.25) is 9.78 Å². The number of rotatable bonds is 4. The standard InChI is InChI=1S/C26H27N7O/c1-32-11-4-5-16(15-32)20-6-3-7-22(30-20)31-21-14-28-24(19-13-29-26(34)23(19)21)17-8-10-27-25-18(17)9-12-33(25)2/h3,6-10,12,14,16H,4-5,11,13,15H2,1-2H3,(H,29,34)(H,30,31). The van der Waals surface area contributed by atoms with Crippen molar-refractivity contribution in [3.05, 3.63) is 65.7 Å². The van der Waals surface area contributed by atoms with E-state index in [1.165, 1.54) is 6.42 Å². The van der Waals surface area contributed by atoms with Crippen LogP contribution >= 0.6 is 0 Å². The van der Waals surface area contributed by atoms with Crippen LogP contribution < -0.4 is 10.6 Å². The first-order valence-electron chi connectivity index (χ1n) is 11.7. The van der Waals surface area contributed by atoms with Gasteiger partial charge in [-0.05, 0) is 50.7 Å². The predicted molar refractivity (Wildman–Crippen MR) is 132 cm³/mol. The van der Waals surface area contributed by atoms with Crippen molar-refractivity contribution in [1.29, 1.82) is 0 Å². The van der Waals surface area contributed by atoms with Crippen LogP contribution in [0.3, 0.4) is 0 Å². The lowest BCUT2D eigenvalue weighted by atomic mass is 9.94. The van der Waals surface area contributed by atoms with Crippen LogP contribution in [0.4, 0.5) is 11.5 Å². The highest BCUT2D eigenvalue weighted by Crippen LogP contribution is 2.36. The molecule has 2 N–H and O–H groups in total. The van der Waals surface area contributed by atoms with Crippen LogP contribution in [0, 0.1) is 0 Å². The molecule has 0 saturated carbocycles. The fourth-order valence-electron chi connectivity index (χ4n) is 5.23. The largest absolute Gasteiger partial charge is 0.348 e. The summed E-state index contributed by atoms with van der Waals surface area (Å²) in [6, 6.07) is 10.1. The van der Waals surface area contributed by atoms with E-state index >= 15 is 0 Å². The molecule has 4 aromatic rings. The molecule has 34 heavy (non-hydrogen) atoms. The first-order chi connectivity index (χ1) is 16.6. The number of pyridine rings is 3. The van der Waals surface area contributed by atoms with E-state index < -0.39 is 0 Å². The van der Waals surface area contributed by atoms with Crippen molar-refractivity contribution in [2.24, 2.45) is 7.05 Å². The van der Waals surface area contributed by atoms with Crippen molar-refractivity contribution in [2.45, 2.75) is 25.3 Å². The summed E-state index contributed by atoms with van der Waals surface area (Å²) in [6.45, 7) is 2.61. The van der Waals surface area contributed by atoms with E-state index in [1.54, 1.807) is 12.4 Å². The van der Waals surface area contributed by atoms with Gasteiger partial charge in [-0.2, -0.15) is 0 Å². The zero-order chi connectivity index (χ0) is 23.2. The van der Waals surface area contributed by atoms with Crippen molar-refractivity contribution >= 4 is 28.4 Å². The van der Waals surface area contributed by atoms with Gasteiger partial charge in [-0.25, -0.2) is 9.97 Å². The Hall–Kier alpha value is -3.78. The van der Waals surface area contributed by atoms with Gasteiger partial charge in [0, 0.05) is 60.7 Å². The van der Waals surface area contributed by atoms with E-state index in [1.807, 2.05) is 42.1 Å². The summed E-state index contributed by atoms with van der Waals surface area (Å²) in [5, 5.41) is 7.38. The fourth-order valence-corrected chi connectivity index (χ4v) is 5.23. The minimum Gasteiger partial charge on any atom is -0.348 e. The second-order valence-corrected chi connectivity index (χ2v) is 9.25. The number of likely N-dealkylation sites (tertiary alicyclic amines) is 1. The number of fused-ring (bicyclic) bond motifs is 2. The third kappa shape index (κ3) is 3.51. The topological polar surface area (TPSA) is 88.0 Å². The molecule has 4 aromatic heterocycles. The van der Waals surface area contributed by atoms with Crippen LogP contribution in [0.25, 0.3) is 22.3 Å². The Morgan fingerprint density at radius 2 is 2.06 bits per heavy atom. The number of hydrogen-bond acceptors (Lipinski definition) is 6. The summed E-state index contributed by atoms with van der Waals surface area (Å²) in [7, 11) is 4.14. The number of carbonyl (C=O) groups is 1. The molecule has 1 saturated heterocycles. The Bertz CT molecular complexity index is 1410. The maximum absolute atomic E-state index is 12.9. The fraction of sp³-hybridized carbons (Fsp3) is 0.308. The van der Waals surface area contributed by atoms with Gasteiger partial charge in [-0.15, -0.1) is 0 Å². The highest BCUT2D eigenvalue weighted by Gasteiger charge is 2.28. The highest BCUT2D eigenvalue weighted by molar-refractivity contribution is 6.06. The Balaban J connectivity index is 1.37. The number of likely N-dealkylation sites (N-methyl/N-ethyl adjacent to an activating group) is 1. The second-order valence-electron chi connectivity index (χ2n) is 9.25. The molecule has 172 valence electrons. The van der Waals surface area contributed by atoms with Gasteiger partial charge in [-0.1, -0.05) is 6.07 Å². The smallest absolute Gasteiger partial charge is 0.254 e. The van der Waals surface area contributed by atoms with Gasteiger partial charge in [0.1, 0.15) is 11.5 Å². The molecule has 1 unspecified atom stereocenters. The van der Waals surface area contributed by atoms with Gasteiger partial charge < -0.3 is 20.1 Å². The number of piperidine rings is 1. The van der Waals surface area contributed by atoms with E-state index in [9.17, 15) is 4.79 Å². The van der Waals surface area contributed by atoms with Crippen molar-refractivity contribution < 1.29 is 4.79 Å². The predicted octanol–water partition coefficient (Wildman–Crippen LogP) is 3.83. The zero-order valence-corrected chi connectivity index (χ0v) is 19.4. The first kappa shape index (κ1) is 20.8. The number of hydrogen-bond donors (Lipinski definition) is 2.